The number of primary amides is 1. The van der Waals surface area contributed by atoms with Crippen molar-refractivity contribution in [1.82, 2.24) is 9.97 Å². The molecule has 0 bridgehead atoms. The average Bonchev–Trinajstić information content (AvgIpc) is 3.08. The van der Waals surface area contributed by atoms with E-state index < -0.39 is 5.91 Å². The molecule has 158 valence electrons. The maximum Gasteiger partial charge on any atom is 0.259 e. The third-order valence-corrected chi connectivity index (χ3v) is 7.11. The number of hydrogen-bond donors (Lipinski definition) is 2. The van der Waals surface area contributed by atoms with Gasteiger partial charge in [0.25, 0.3) is 5.91 Å². The molecule has 3 N–H and O–H groups in total. The number of rotatable bonds is 6. The highest BCUT2D eigenvalue weighted by Crippen LogP contribution is 2.36. The van der Waals surface area contributed by atoms with Gasteiger partial charge in [-0.05, 0) is 61.4 Å². The van der Waals surface area contributed by atoms with Gasteiger partial charge in [0.1, 0.15) is 22.8 Å². The summed E-state index contributed by atoms with van der Waals surface area (Å²) in [5.41, 5.74) is 7.93. The van der Waals surface area contributed by atoms with Crippen LogP contribution in [0, 0.1) is 18.7 Å². The van der Waals surface area contributed by atoms with Gasteiger partial charge in [-0.15, -0.1) is 11.3 Å². The molecule has 2 heterocycles. The minimum absolute atomic E-state index is 0.192. The van der Waals surface area contributed by atoms with Gasteiger partial charge in [-0.1, -0.05) is 12.8 Å². The number of benzene rings is 1. The molecule has 0 aliphatic heterocycles. The van der Waals surface area contributed by atoms with Crippen molar-refractivity contribution in [1.29, 1.82) is 0 Å². The quantitative estimate of drug-likeness (QED) is 0.592. The first kappa shape index (κ1) is 20.7. The van der Waals surface area contributed by atoms with Crippen LogP contribution >= 0.6 is 11.3 Å². The zero-order chi connectivity index (χ0) is 21.3. The summed E-state index contributed by atoms with van der Waals surface area (Å²) >= 11 is 1.25. The Bertz CT molecular complexity index is 1080. The smallest absolute Gasteiger partial charge is 0.259 e. The van der Waals surface area contributed by atoms with Crippen molar-refractivity contribution in [3.63, 3.8) is 0 Å². The highest BCUT2D eigenvalue weighted by molar-refractivity contribution is 7.20. The zero-order valence-electron chi connectivity index (χ0n) is 17.1. The Morgan fingerprint density at radius 2 is 2.13 bits per heavy atom. The molecular weight excluding hydrogens is 403 g/mol. The van der Waals surface area contributed by atoms with E-state index in [9.17, 15) is 9.18 Å². The number of nitrogens with two attached hydrogens (primary N) is 1. The predicted molar refractivity (Wildman–Crippen MR) is 117 cm³/mol. The van der Waals surface area contributed by atoms with Gasteiger partial charge in [0.05, 0.1) is 16.4 Å². The fraction of sp³-hybridized carbons (Fsp3) is 0.409. The molecule has 1 aliphatic carbocycles. The van der Waals surface area contributed by atoms with Crippen LogP contribution in [0.15, 0.2) is 24.5 Å². The summed E-state index contributed by atoms with van der Waals surface area (Å²) < 4.78 is 19.8. The molecule has 0 radical (unpaired) electrons. The molecule has 1 aliphatic rings. The van der Waals surface area contributed by atoms with Crippen molar-refractivity contribution in [2.45, 2.75) is 45.1 Å². The summed E-state index contributed by atoms with van der Waals surface area (Å²) in [6, 6.07) is 4.76. The Morgan fingerprint density at radius 3 is 2.90 bits per heavy atom. The lowest BCUT2D eigenvalue weighted by atomic mass is 9.82. The van der Waals surface area contributed by atoms with Gasteiger partial charge in [-0.2, -0.15) is 0 Å². The molecule has 3 aromatic rings. The fourth-order valence-electron chi connectivity index (χ4n) is 4.38. The van der Waals surface area contributed by atoms with E-state index in [4.69, 9.17) is 10.5 Å². The topological polar surface area (TPSA) is 90.1 Å². The van der Waals surface area contributed by atoms with Crippen LogP contribution in [-0.4, -0.2) is 29.1 Å². The molecule has 4 rings (SSSR count). The number of aromatic nitrogens is 2. The van der Waals surface area contributed by atoms with E-state index in [0.29, 0.717) is 21.4 Å². The first-order valence-corrected chi connectivity index (χ1v) is 10.9. The van der Waals surface area contributed by atoms with Gasteiger partial charge >= 0.3 is 0 Å². The van der Waals surface area contributed by atoms with Crippen LogP contribution in [0.3, 0.4) is 0 Å². The van der Waals surface area contributed by atoms with E-state index in [2.05, 4.69) is 15.3 Å². The van der Waals surface area contributed by atoms with Crippen molar-refractivity contribution in [3.8, 4) is 0 Å². The van der Waals surface area contributed by atoms with Crippen LogP contribution in [0.5, 0.6) is 0 Å². The molecule has 30 heavy (non-hydrogen) atoms. The van der Waals surface area contributed by atoms with E-state index in [1.54, 1.807) is 19.2 Å². The van der Waals surface area contributed by atoms with Crippen molar-refractivity contribution < 1.29 is 13.9 Å². The van der Waals surface area contributed by atoms with Crippen molar-refractivity contribution in [2.24, 2.45) is 11.7 Å². The predicted octanol–water partition coefficient (Wildman–Crippen LogP) is 4.73. The number of fused-ring (bicyclic) bond motifs is 1. The highest BCUT2D eigenvalue weighted by atomic mass is 32.1. The first-order valence-electron chi connectivity index (χ1n) is 10.1. The molecule has 0 saturated heterocycles. The number of nitrogens with zero attached hydrogens (tertiary/aromatic N) is 2. The van der Waals surface area contributed by atoms with Crippen LogP contribution in [-0.2, 0) is 11.2 Å². The molecule has 1 aromatic carbocycles. The van der Waals surface area contributed by atoms with Crippen molar-refractivity contribution in [3.05, 3.63) is 46.3 Å². The second-order valence-corrected chi connectivity index (χ2v) is 8.77. The zero-order valence-corrected chi connectivity index (χ0v) is 17.9. The Labute approximate surface area is 178 Å². The molecule has 0 spiro atoms. The van der Waals surface area contributed by atoms with Gasteiger partial charge in [0.2, 0.25) is 0 Å². The number of hydrogen-bond acceptors (Lipinski definition) is 6. The second kappa shape index (κ2) is 8.65. The molecular formula is C22H25FN4O2S. The van der Waals surface area contributed by atoms with E-state index in [0.717, 1.165) is 41.5 Å². The van der Waals surface area contributed by atoms with Gasteiger partial charge in [0.15, 0.2) is 0 Å². The molecule has 6 nitrogen and oxygen atoms in total. The molecule has 1 amide bonds. The number of carbonyl (C=O) groups excluding carboxylic acids is 1. The number of nitrogens with one attached hydrogen (secondary N) is 1. The lowest BCUT2D eigenvalue weighted by molar-refractivity contribution is 0.0239. The summed E-state index contributed by atoms with van der Waals surface area (Å²) in [5, 5.41) is 4.12. The van der Waals surface area contributed by atoms with E-state index in [1.807, 2.05) is 6.92 Å². The molecule has 1 fully saturated rings. The van der Waals surface area contributed by atoms with Crippen LogP contribution < -0.4 is 11.1 Å². The summed E-state index contributed by atoms with van der Waals surface area (Å²) in [6.07, 6.45) is 6.81. The molecule has 1 saturated carbocycles. The number of aryl methyl sites for hydroxylation is 1. The average molecular weight is 429 g/mol. The number of amides is 1. The maximum atomic E-state index is 14.1. The molecule has 2 aromatic heterocycles. The monoisotopic (exact) mass is 428 g/mol. The minimum Gasteiger partial charge on any atom is -0.381 e. The number of ether oxygens (including phenoxy) is 1. The summed E-state index contributed by atoms with van der Waals surface area (Å²) in [4.78, 5) is 21.6. The van der Waals surface area contributed by atoms with E-state index in [1.165, 1.54) is 36.6 Å². The van der Waals surface area contributed by atoms with Crippen LogP contribution in [0.2, 0.25) is 0 Å². The number of methoxy groups -OCH3 is 1. The molecule has 0 unspecified atom stereocenters. The van der Waals surface area contributed by atoms with Gasteiger partial charge in [-0.25, -0.2) is 14.4 Å². The minimum atomic E-state index is -0.480. The first-order chi connectivity index (χ1) is 14.5. The molecule has 8 heteroatoms. The fourth-order valence-corrected chi connectivity index (χ4v) is 5.38. The lowest BCUT2D eigenvalue weighted by Crippen LogP contribution is -2.28. The van der Waals surface area contributed by atoms with Crippen LogP contribution in [0.1, 0.15) is 46.5 Å². The third kappa shape index (κ3) is 4.02. The Morgan fingerprint density at radius 1 is 1.33 bits per heavy atom. The van der Waals surface area contributed by atoms with E-state index >= 15 is 0 Å². The van der Waals surface area contributed by atoms with Crippen molar-refractivity contribution >= 4 is 39.0 Å². The Hall–Kier alpha value is -2.58. The largest absolute Gasteiger partial charge is 0.381 e. The Kier molecular flexibility index (Phi) is 5.97. The van der Waals surface area contributed by atoms with Crippen molar-refractivity contribution in [2.75, 3.05) is 12.4 Å². The standard InChI is InChI=1S/C22H25FN4O2S/c1-12-18-21(25-11-26-22(18)30-19(12)20(24)28)27-16-8-7-15(23)10-14(16)9-13-5-3-4-6-17(13)29-2/h7-8,10-11,13,17H,3-6,9H2,1-2H3,(H2,24,28)(H,25,26,27)/t13-,17+/m0/s1. The SMILES string of the molecule is CO[C@@H]1CCCC[C@H]1Cc1cc(F)ccc1Nc1ncnc2sc(C(N)=O)c(C)c12. The number of halogens is 1. The number of thiophene rings is 1. The van der Waals surface area contributed by atoms with Gasteiger partial charge < -0.3 is 15.8 Å². The van der Waals surface area contributed by atoms with Crippen LogP contribution in [0.25, 0.3) is 10.2 Å². The number of anilines is 2. The van der Waals surface area contributed by atoms with E-state index in [-0.39, 0.29) is 11.9 Å². The second-order valence-electron chi connectivity index (χ2n) is 7.77. The maximum absolute atomic E-state index is 14.1. The van der Waals surface area contributed by atoms with Crippen LogP contribution in [0.4, 0.5) is 15.9 Å². The van der Waals surface area contributed by atoms with Gasteiger partial charge in [-0.3, -0.25) is 4.79 Å². The summed E-state index contributed by atoms with van der Waals surface area (Å²) in [5.74, 6) is 0.185. The normalized spacial score (nSPS) is 19.2. The number of carbonyl (C=O) groups is 1. The Balaban J connectivity index is 1.70. The summed E-state index contributed by atoms with van der Waals surface area (Å²) in [6.45, 7) is 1.84. The highest BCUT2D eigenvalue weighted by Gasteiger charge is 2.26. The lowest BCUT2D eigenvalue weighted by Gasteiger charge is -2.31. The molecule has 2 atom stereocenters. The third-order valence-electron chi connectivity index (χ3n) is 5.90. The summed E-state index contributed by atoms with van der Waals surface area (Å²) in [7, 11) is 1.75. The van der Waals surface area contributed by atoms with Gasteiger partial charge in [0, 0.05) is 12.8 Å².